The third kappa shape index (κ3) is 4.58. The van der Waals surface area contributed by atoms with Gasteiger partial charge in [-0.2, -0.15) is 0 Å². The normalized spacial score (nSPS) is 17.9. The first-order chi connectivity index (χ1) is 10.8. The first-order valence-corrected chi connectivity index (χ1v) is 7.68. The Hall–Kier alpha value is -2.31. The number of carbonyl (C=O) groups excluding carboxylic acids is 2. The minimum Gasteiger partial charge on any atom is -0.461 e. The lowest BCUT2D eigenvalue weighted by Crippen LogP contribution is -2.36. The van der Waals surface area contributed by atoms with Gasteiger partial charge in [-0.3, -0.25) is 4.90 Å². The smallest absolute Gasteiger partial charge is 0.414 e. The van der Waals surface area contributed by atoms with Gasteiger partial charge in [0.2, 0.25) is 0 Å². The second kappa shape index (κ2) is 6.85. The molecule has 1 aromatic rings. The number of carbonyl (C=O) groups is 2. The average Bonchev–Trinajstić information content (AvgIpc) is 2.96. The highest BCUT2D eigenvalue weighted by molar-refractivity contribution is 5.86. The molecule has 23 heavy (non-hydrogen) atoms. The molecule has 1 amide bonds. The molecule has 126 valence electrons. The summed E-state index contributed by atoms with van der Waals surface area (Å²) in [6.45, 7) is 8.13. The Bertz CT molecular complexity index is 601. The van der Waals surface area contributed by atoms with E-state index in [1.807, 2.05) is 31.4 Å². The van der Waals surface area contributed by atoms with Crippen molar-refractivity contribution in [3.05, 3.63) is 30.5 Å². The number of esters is 1. The maximum absolute atomic E-state index is 12.0. The van der Waals surface area contributed by atoms with Gasteiger partial charge in [0.05, 0.1) is 19.0 Å². The summed E-state index contributed by atoms with van der Waals surface area (Å²) in [5, 5.41) is 0. The van der Waals surface area contributed by atoms with Crippen molar-refractivity contribution in [1.82, 2.24) is 14.5 Å². The van der Waals surface area contributed by atoms with Gasteiger partial charge in [-0.25, -0.2) is 14.6 Å². The number of allylic oxidation sites excluding steroid dienone is 1. The van der Waals surface area contributed by atoms with Crippen LogP contribution in [0, 0.1) is 0 Å². The molecule has 0 bridgehead atoms. The van der Waals surface area contributed by atoms with E-state index in [1.165, 1.54) is 0 Å². The first-order valence-electron chi connectivity index (χ1n) is 7.68. The maximum atomic E-state index is 12.0. The fourth-order valence-electron chi connectivity index (χ4n) is 2.20. The molecule has 0 saturated heterocycles. The van der Waals surface area contributed by atoms with Crippen LogP contribution in [-0.4, -0.2) is 45.3 Å². The van der Waals surface area contributed by atoms with E-state index < -0.39 is 11.6 Å². The molecular formula is C16H23N3O4. The zero-order valence-corrected chi connectivity index (χ0v) is 14.0. The lowest BCUT2D eigenvalue weighted by molar-refractivity contribution is 0.0320. The van der Waals surface area contributed by atoms with Gasteiger partial charge < -0.3 is 14.0 Å². The van der Waals surface area contributed by atoms with Crippen molar-refractivity contribution in [2.24, 2.45) is 0 Å². The highest BCUT2D eigenvalue weighted by Gasteiger charge is 2.24. The monoisotopic (exact) mass is 321 g/mol. The molecule has 0 saturated carbocycles. The van der Waals surface area contributed by atoms with Crippen molar-refractivity contribution < 1.29 is 19.1 Å². The standard InChI is InChI=1S/C16H23N3O4/c1-5-22-14(20)13-10-19(11-17-13)12-6-8-18(9-7-12)15(21)23-16(2,3)4/h6,8,10-12H,5,7,9H2,1-4H3. The zero-order chi connectivity index (χ0) is 17.0. The van der Waals surface area contributed by atoms with Gasteiger partial charge in [0, 0.05) is 18.9 Å². The largest absolute Gasteiger partial charge is 0.461 e. The quantitative estimate of drug-likeness (QED) is 0.800. The molecule has 0 spiro atoms. The van der Waals surface area contributed by atoms with Crippen molar-refractivity contribution >= 4 is 12.1 Å². The van der Waals surface area contributed by atoms with Crippen LogP contribution in [-0.2, 0) is 9.47 Å². The second-order valence-electron chi connectivity index (χ2n) is 6.30. The predicted molar refractivity (Wildman–Crippen MR) is 83.9 cm³/mol. The van der Waals surface area contributed by atoms with E-state index in [4.69, 9.17) is 9.47 Å². The van der Waals surface area contributed by atoms with Crippen LogP contribution in [0.4, 0.5) is 4.79 Å². The summed E-state index contributed by atoms with van der Waals surface area (Å²) in [5.74, 6) is -0.429. The Labute approximate surface area is 135 Å². The number of hydrogen-bond donors (Lipinski definition) is 0. The Morgan fingerprint density at radius 1 is 1.39 bits per heavy atom. The Morgan fingerprint density at radius 2 is 2.13 bits per heavy atom. The van der Waals surface area contributed by atoms with E-state index in [0.717, 1.165) is 0 Å². The second-order valence-corrected chi connectivity index (χ2v) is 6.30. The predicted octanol–water partition coefficient (Wildman–Crippen LogP) is 2.76. The number of rotatable bonds is 3. The number of aromatic nitrogens is 2. The molecule has 1 unspecified atom stereocenters. The molecule has 1 atom stereocenters. The third-order valence-electron chi connectivity index (χ3n) is 3.25. The van der Waals surface area contributed by atoms with Crippen LogP contribution in [0.2, 0.25) is 0 Å². The molecule has 1 aromatic heterocycles. The van der Waals surface area contributed by atoms with Crippen LogP contribution in [0.15, 0.2) is 24.8 Å². The maximum Gasteiger partial charge on any atom is 0.414 e. The lowest BCUT2D eigenvalue weighted by atomic mass is 10.1. The Morgan fingerprint density at radius 3 is 2.70 bits per heavy atom. The molecule has 1 aliphatic rings. The Kier molecular flexibility index (Phi) is 5.08. The van der Waals surface area contributed by atoms with Gasteiger partial charge in [-0.1, -0.05) is 0 Å². The molecule has 2 heterocycles. The van der Waals surface area contributed by atoms with Crippen molar-refractivity contribution in [2.75, 3.05) is 13.2 Å². The summed E-state index contributed by atoms with van der Waals surface area (Å²) >= 11 is 0. The van der Waals surface area contributed by atoms with E-state index in [9.17, 15) is 9.59 Å². The third-order valence-corrected chi connectivity index (χ3v) is 3.25. The van der Waals surface area contributed by atoms with Crippen LogP contribution < -0.4 is 0 Å². The lowest BCUT2D eigenvalue weighted by Gasteiger charge is -2.29. The van der Waals surface area contributed by atoms with Crippen molar-refractivity contribution in [3.8, 4) is 0 Å². The van der Waals surface area contributed by atoms with Crippen LogP contribution in [0.1, 0.15) is 50.6 Å². The van der Waals surface area contributed by atoms with Crippen molar-refractivity contribution in [2.45, 2.75) is 45.8 Å². The summed E-state index contributed by atoms with van der Waals surface area (Å²) in [6.07, 6.45) is 7.23. The molecule has 0 N–H and O–H groups in total. The van der Waals surface area contributed by atoms with Crippen LogP contribution in [0.5, 0.6) is 0 Å². The number of nitrogens with zero attached hydrogens (tertiary/aromatic N) is 3. The van der Waals surface area contributed by atoms with Gasteiger partial charge in [0.15, 0.2) is 5.69 Å². The summed E-state index contributed by atoms with van der Waals surface area (Å²) in [4.78, 5) is 29.2. The number of amides is 1. The Balaban J connectivity index is 1.99. The molecule has 2 rings (SSSR count). The molecule has 7 nitrogen and oxygen atoms in total. The number of imidazole rings is 1. The molecular weight excluding hydrogens is 298 g/mol. The minimum atomic E-state index is -0.513. The van der Waals surface area contributed by atoms with Gasteiger partial charge in [-0.15, -0.1) is 0 Å². The van der Waals surface area contributed by atoms with E-state index in [0.29, 0.717) is 19.6 Å². The van der Waals surface area contributed by atoms with E-state index in [1.54, 1.807) is 30.5 Å². The molecule has 1 aliphatic heterocycles. The first kappa shape index (κ1) is 17.1. The summed E-state index contributed by atoms with van der Waals surface area (Å²) in [5.41, 5.74) is -0.226. The zero-order valence-electron chi connectivity index (χ0n) is 14.0. The van der Waals surface area contributed by atoms with Crippen LogP contribution in [0.25, 0.3) is 0 Å². The fraction of sp³-hybridized carbons (Fsp3) is 0.562. The SMILES string of the molecule is CCOC(=O)c1cn(C2C=CN(C(=O)OC(C)(C)C)CC2)cn1. The van der Waals surface area contributed by atoms with E-state index in [-0.39, 0.29) is 17.8 Å². The topological polar surface area (TPSA) is 73.7 Å². The van der Waals surface area contributed by atoms with Gasteiger partial charge >= 0.3 is 12.1 Å². The molecule has 0 aliphatic carbocycles. The summed E-state index contributed by atoms with van der Waals surface area (Å²) < 4.78 is 12.1. The molecule has 7 heteroatoms. The van der Waals surface area contributed by atoms with Gasteiger partial charge in [0.1, 0.15) is 5.60 Å². The number of hydrogen-bond acceptors (Lipinski definition) is 5. The van der Waals surface area contributed by atoms with Gasteiger partial charge in [0.25, 0.3) is 0 Å². The fourth-order valence-corrected chi connectivity index (χ4v) is 2.20. The van der Waals surface area contributed by atoms with E-state index in [2.05, 4.69) is 4.98 Å². The van der Waals surface area contributed by atoms with Crippen molar-refractivity contribution in [3.63, 3.8) is 0 Å². The summed E-state index contributed by atoms with van der Waals surface area (Å²) in [6, 6.07) is 0.0457. The highest BCUT2D eigenvalue weighted by atomic mass is 16.6. The van der Waals surface area contributed by atoms with Gasteiger partial charge in [-0.05, 0) is 40.2 Å². The number of ether oxygens (including phenoxy) is 2. The molecule has 0 radical (unpaired) electrons. The molecule has 0 fully saturated rings. The average molecular weight is 321 g/mol. The molecule has 0 aromatic carbocycles. The van der Waals surface area contributed by atoms with E-state index >= 15 is 0 Å². The minimum absolute atomic E-state index is 0.0457. The highest BCUT2D eigenvalue weighted by Crippen LogP contribution is 2.21. The summed E-state index contributed by atoms with van der Waals surface area (Å²) in [7, 11) is 0. The van der Waals surface area contributed by atoms with Crippen molar-refractivity contribution in [1.29, 1.82) is 0 Å². The van der Waals surface area contributed by atoms with Crippen LogP contribution >= 0.6 is 0 Å². The van der Waals surface area contributed by atoms with Crippen LogP contribution in [0.3, 0.4) is 0 Å².